The highest BCUT2D eigenvalue weighted by molar-refractivity contribution is 6.00. The lowest BCUT2D eigenvalue weighted by atomic mass is 10.1. The van der Waals surface area contributed by atoms with Crippen molar-refractivity contribution in [2.75, 3.05) is 59.8 Å². The summed E-state index contributed by atoms with van der Waals surface area (Å²) in [6.45, 7) is 6.76. The summed E-state index contributed by atoms with van der Waals surface area (Å²) >= 11 is 0. The van der Waals surface area contributed by atoms with Gasteiger partial charge in [0, 0.05) is 109 Å². The fraction of sp³-hybridized carbons (Fsp3) is 0.186. The summed E-state index contributed by atoms with van der Waals surface area (Å²) in [4.78, 5) is 79.1. The highest BCUT2D eigenvalue weighted by Gasteiger charge is 2.32. The Bertz CT molecular complexity index is 5940. The van der Waals surface area contributed by atoms with E-state index in [-0.39, 0.29) is 78.2 Å². The quantitative estimate of drug-likeness (QED) is 0.0178. The molecule has 0 aliphatic heterocycles. The van der Waals surface area contributed by atoms with Gasteiger partial charge < -0.3 is 5.32 Å². The van der Waals surface area contributed by atoms with Gasteiger partial charge in [-0.3, -0.25) is 70.5 Å². The zero-order valence-corrected chi connectivity index (χ0v) is 69.2. The molecular formula is C86H83F9N25O10+5. The predicted molar refractivity (Wildman–Crippen MR) is 447 cm³/mol. The van der Waals surface area contributed by atoms with E-state index in [1.165, 1.54) is 104 Å². The third-order valence-corrected chi connectivity index (χ3v) is 18.1. The van der Waals surface area contributed by atoms with Gasteiger partial charge in [0.15, 0.2) is 30.8 Å². The Balaban J connectivity index is 0.000000157. The van der Waals surface area contributed by atoms with Crippen LogP contribution >= 0.6 is 0 Å². The zero-order chi connectivity index (χ0) is 92.3. The molecule has 9 aromatic heterocycles. The molecule has 0 saturated heterocycles. The van der Waals surface area contributed by atoms with Gasteiger partial charge in [0.1, 0.15) is 46.5 Å². The van der Waals surface area contributed by atoms with Crippen LogP contribution in [0, 0.1) is 29.1 Å². The van der Waals surface area contributed by atoms with Gasteiger partial charge in [-0.25, -0.2) is 75.2 Å². The minimum Gasteiger partial charge on any atom is -0.308 e. The fourth-order valence-corrected chi connectivity index (χ4v) is 11.7. The van der Waals surface area contributed by atoms with Crippen LogP contribution in [0.3, 0.4) is 0 Å². The Morgan fingerprint density at radius 2 is 0.654 bits per heavy atom. The molecule has 35 nitrogen and oxygen atoms in total. The van der Waals surface area contributed by atoms with E-state index in [1.807, 2.05) is 62.4 Å². The van der Waals surface area contributed by atoms with E-state index in [0.717, 1.165) is 35.4 Å². The third kappa shape index (κ3) is 30.6. The molecule has 0 aliphatic rings. The first kappa shape index (κ1) is 94.0. The molecule has 6 aromatic carbocycles. The van der Waals surface area contributed by atoms with Crippen molar-refractivity contribution in [1.82, 2.24) is 51.3 Å². The molecule has 0 fully saturated rings. The Morgan fingerprint density at radius 3 is 1.02 bits per heavy atom. The van der Waals surface area contributed by atoms with Crippen molar-refractivity contribution in [1.29, 1.82) is 0 Å². The number of aromatic nitrogens is 15. The van der Waals surface area contributed by atoms with Gasteiger partial charge in [0.2, 0.25) is 38.3 Å². The van der Waals surface area contributed by atoms with Crippen molar-refractivity contribution in [2.24, 2.45) is 0 Å². The SMILES string of the molecule is CC(Cc1ccc(C(F)(F)F)cc1)[n+]1cc(NC(=O)Nc2ncccn2)on1.CC(Cc1ccc(F)cc1)[n+]1cc(NC(=O)Nc2ccccn2)on1.CC(Cc1ccc(F)cc1F)[n+]1cc(NC(=O)Nc2ccccn2)on1.CC(Cc1ccc(F)cc1F)[n+]1cc(NC(=O)Nc2ccccn2)on1.O=C(Nc1ccccc1)Nc1c[n+](C(CF)Cc2ccccc2)no1. The molecule has 0 spiro atoms. The normalized spacial score (nSPS) is 11.9. The van der Waals surface area contributed by atoms with Crippen molar-refractivity contribution in [3.8, 4) is 0 Å². The number of urea groups is 5. The van der Waals surface area contributed by atoms with Crippen LogP contribution in [0.2, 0.25) is 0 Å². The number of carbonyl (C=O) groups is 5. The largest absolute Gasteiger partial charge is 0.416 e. The molecule has 44 heteroatoms. The van der Waals surface area contributed by atoms with Crippen LogP contribution in [0.4, 0.5) is 122 Å². The number of nitrogens with one attached hydrogen (secondary N) is 10. The van der Waals surface area contributed by atoms with E-state index in [0.29, 0.717) is 59.1 Å². The zero-order valence-electron chi connectivity index (χ0n) is 69.2. The summed E-state index contributed by atoms with van der Waals surface area (Å²) in [5.41, 5.74) is 3.36. The Morgan fingerprint density at radius 1 is 0.331 bits per heavy atom. The van der Waals surface area contributed by atoms with Crippen LogP contribution in [-0.2, 0) is 38.3 Å². The van der Waals surface area contributed by atoms with Crippen molar-refractivity contribution in [3.63, 3.8) is 0 Å². The van der Waals surface area contributed by atoms with E-state index in [1.54, 1.807) is 128 Å². The fourth-order valence-electron chi connectivity index (χ4n) is 11.7. The minimum atomic E-state index is -4.36. The van der Waals surface area contributed by atoms with Gasteiger partial charge in [-0.15, -0.1) is 0 Å². The van der Waals surface area contributed by atoms with Crippen LogP contribution < -0.4 is 76.6 Å². The second kappa shape index (κ2) is 46.8. The van der Waals surface area contributed by atoms with Gasteiger partial charge in [-0.1, -0.05) is 103 Å². The average molecular weight is 1800 g/mol. The molecule has 10 N–H and O–H groups in total. The van der Waals surface area contributed by atoms with Crippen molar-refractivity contribution in [3.05, 3.63) is 331 Å². The maximum absolute atomic E-state index is 13.7. The monoisotopic (exact) mass is 1800 g/mol. The molecule has 0 saturated carbocycles. The second-order valence-corrected chi connectivity index (χ2v) is 28.2. The number of benzene rings is 6. The van der Waals surface area contributed by atoms with Gasteiger partial charge in [0.25, 0.3) is 31.0 Å². The molecule has 5 unspecified atom stereocenters. The lowest BCUT2D eigenvalue weighted by molar-refractivity contribution is -0.785. The van der Waals surface area contributed by atoms with Gasteiger partial charge >= 0.3 is 65.8 Å². The lowest BCUT2D eigenvalue weighted by Gasteiger charge is -2.08. The molecule has 0 bridgehead atoms. The van der Waals surface area contributed by atoms with Crippen LogP contribution in [0.15, 0.2) is 291 Å². The molecule has 130 heavy (non-hydrogen) atoms. The third-order valence-electron chi connectivity index (χ3n) is 18.1. The average Bonchev–Trinajstić information content (AvgIpc) is 1.54. The summed E-state index contributed by atoms with van der Waals surface area (Å²) in [5.74, 6) is -0.757. The first-order chi connectivity index (χ1) is 62.7. The molecule has 10 amide bonds. The topological polar surface area (TPSA) is 420 Å². The van der Waals surface area contributed by atoms with Gasteiger partial charge in [-0.05, 0) is 142 Å². The number of nitrogens with zero attached hydrogens (tertiary/aromatic N) is 15. The molecule has 5 atom stereocenters. The molecule has 0 radical (unpaired) electrons. The number of carbonyl (C=O) groups excluding carboxylic acids is 5. The van der Waals surface area contributed by atoms with Crippen molar-refractivity contribution >= 4 is 88.7 Å². The Hall–Kier alpha value is -16.7. The maximum Gasteiger partial charge on any atom is 0.416 e. The summed E-state index contributed by atoms with van der Waals surface area (Å²) in [7, 11) is 0. The molecular weight excluding hydrogens is 1710 g/mol. The standard InChI is InChI=1S/C18H17FN4O2.C17H15F3N6O2.2C17H15F2N5O2.C17H16FN5O2/c19-12-16(11-14-7-3-1-4-8-14)23-13-17(25-22-23)21-18(24)20-15-9-5-2-6-10-15;1-11(9-12-3-5-13(6-4-12)17(18,19)20)26-10-14(28-25-26)23-16(27)24-15-21-7-2-8-22-15;2*1-11(8-12-5-6-13(18)9-14(12)19)24-10-16(26-23-24)22-17(25)21-15-4-2-3-7-20-15;1-12(10-13-5-7-14(18)8-6-13)23-11-16(25-22-23)21-17(24)20-15-4-2-3-9-19-15/h1-10,13,16H,11-12H2,(H-,20,21,22,24);2-8,10-11H,9H2,1H3,(H-,21,22,23,24,25,27);2*2-7,9-11H,8H2,1H3,(H-,20,21,22,23,25);2-9,11-12H,10H2,1H3,(H-,19,20,21,22,24)/p+5. The second-order valence-electron chi connectivity index (χ2n) is 28.2. The molecule has 670 valence electrons. The summed E-state index contributed by atoms with van der Waals surface area (Å²) in [6, 6.07) is 49.8. The molecule has 9 heterocycles. The number of hydrogen-bond acceptors (Lipinski definition) is 20. The summed E-state index contributed by atoms with van der Waals surface area (Å²) in [5, 5.41) is 44.4. The van der Waals surface area contributed by atoms with E-state index >= 15 is 0 Å². The number of amides is 10. The summed E-state index contributed by atoms with van der Waals surface area (Å²) < 4.78 is 150. The first-order valence-corrected chi connectivity index (χ1v) is 39.4. The molecule has 15 aromatic rings. The van der Waals surface area contributed by atoms with E-state index in [4.69, 9.17) is 22.6 Å². The first-order valence-electron chi connectivity index (χ1n) is 39.4. The smallest absolute Gasteiger partial charge is 0.308 e. The number of pyridine rings is 3. The van der Waals surface area contributed by atoms with Crippen molar-refractivity contribution in [2.45, 2.75) is 96.2 Å². The van der Waals surface area contributed by atoms with Crippen LogP contribution in [0.1, 0.15) is 91.3 Å². The van der Waals surface area contributed by atoms with Gasteiger partial charge in [-0.2, -0.15) is 13.2 Å². The molecule has 0 aliphatic carbocycles. The Labute approximate surface area is 733 Å². The van der Waals surface area contributed by atoms with E-state index in [2.05, 4.69) is 104 Å². The van der Waals surface area contributed by atoms with E-state index < -0.39 is 77.9 Å². The van der Waals surface area contributed by atoms with E-state index in [9.17, 15) is 63.5 Å². The highest BCUT2D eigenvalue weighted by Crippen LogP contribution is 2.30. The van der Waals surface area contributed by atoms with Gasteiger partial charge in [0.05, 0.1) is 5.56 Å². The predicted octanol–water partition coefficient (Wildman–Crippen LogP) is 15.7. The number of halogens is 9. The number of anilines is 10. The number of rotatable bonds is 26. The number of hydrogen-bond donors (Lipinski definition) is 10. The van der Waals surface area contributed by atoms with Crippen LogP contribution in [0.5, 0.6) is 0 Å². The number of alkyl halides is 4. The van der Waals surface area contributed by atoms with Crippen LogP contribution in [0.25, 0.3) is 0 Å². The van der Waals surface area contributed by atoms with Crippen molar-refractivity contribution < 1.29 is 110 Å². The Kier molecular flexibility index (Phi) is 33.9. The number of para-hydroxylation sites is 1. The highest BCUT2D eigenvalue weighted by atomic mass is 19.4. The maximum atomic E-state index is 13.7. The summed E-state index contributed by atoms with van der Waals surface area (Å²) in [6.07, 6.45) is 12.9. The molecule has 15 rings (SSSR count). The minimum absolute atomic E-state index is 0.0244. The lowest BCUT2D eigenvalue weighted by Crippen LogP contribution is -2.43. The van der Waals surface area contributed by atoms with Crippen LogP contribution in [-0.4, -0.2) is 88.1 Å².